The Bertz CT molecular complexity index is 371. The minimum atomic E-state index is -4.50. The van der Waals surface area contributed by atoms with Gasteiger partial charge in [-0.05, 0) is 12.3 Å². The summed E-state index contributed by atoms with van der Waals surface area (Å²) in [5, 5.41) is 2.86. The van der Waals surface area contributed by atoms with Crippen molar-refractivity contribution in [1.82, 2.24) is 10.2 Å². The molecule has 2 saturated heterocycles. The molecule has 1 amide bonds. The lowest BCUT2D eigenvalue weighted by Crippen LogP contribution is -2.53. The quantitative estimate of drug-likeness (QED) is 0.792. The van der Waals surface area contributed by atoms with Gasteiger partial charge in [0.05, 0.1) is 0 Å². The Morgan fingerprint density at radius 2 is 2.05 bits per heavy atom. The van der Waals surface area contributed by atoms with Gasteiger partial charge in [-0.2, -0.15) is 13.2 Å². The largest absolute Gasteiger partial charge is 0.406 e. The van der Waals surface area contributed by atoms with E-state index in [2.05, 4.69) is 5.32 Å². The lowest BCUT2D eigenvalue weighted by atomic mass is 9.78. The number of nitrogens with one attached hydrogen (secondary N) is 1. The third kappa shape index (κ3) is 3.59. The maximum absolute atomic E-state index is 13.8. The van der Waals surface area contributed by atoms with Crippen LogP contribution < -0.4 is 5.32 Å². The van der Waals surface area contributed by atoms with Gasteiger partial charge in [0, 0.05) is 38.4 Å². The van der Waals surface area contributed by atoms with E-state index in [0.717, 1.165) is 0 Å². The molecule has 0 aromatic heterocycles. The maximum atomic E-state index is 13.8. The van der Waals surface area contributed by atoms with Crippen LogP contribution in [0.15, 0.2) is 0 Å². The Morgan fingerprint density at radius 3 is 2.65 bits per heavy atom. The van der Waals surface area contributed by atoms with Gasteiger partial charge in [-0.1, -0.05) is 0 Å². The second kappa shape index (κ2) is 5.46. The smallest absolute Gasteiger partial charge is 0.333 e. The van der Waals surface area contributed by atoms with Gasteiger partial charge >= 0.3 is 6.18 Å². The Balaban J connectivity index is 2.04. The summed E-state index contributed by atoms with van der Waals surface area (Å²) in [4.78, 5) is 12.2. The summed E-state index contributed by atoms with van der Waals surface area (Å²) >= 11 is 0. The summed E-state index contributed by atoms with van der Waals surface area (Å²) in [6.07, 6.45) is -4.66. The molecule has 0 aliphatic carbocycles. The van der Waals surface area contributed by atoms with E-state index < -0.39 is 36.4 Å². The molecule has 0 saturated carbocycles. The van der Waals surface area contributed by atoms with E-state index in [1.54, 1.807) is 0 Å². The second-order valence-corrected chi connectivity index (χ2v) is 5.51. The molecule has 2 fully saturated rings. The van der Waals surface area contributed by atoms with Gasteiger partial charge in [0.2, 0.25) is 5.91 Å². The molecule has 20 heavy (non-hydrogen) atoms. The number of rotatable bonds is 2. The predicted octanol–water partition coefficient (Wildman–Crippen LogP) is 2.03. The van der Waals surface area contributed by atoms with E-state index in [4.69, 9.17) is 0 Å². The van der Waals surface area contributed by atoms with Crippen LogP contribution in [0.5, 0.6) is 0 Å². The number of carbonyl (C=O) groups is 1. The molecule has 3 nitrogen and oxygen atoms in total. The van der Waals surface area contributed by atoms with Gasteiger partial charge in [-0.15, -0.1) is 0 Å². The molecule has 0 bridgehead atoms. The summed E-state index contributed by atoms with van der Waals surface area (Å²) in [6.45, 7) is -1.29. The van der Waals surface area contributed by atoms with E-state index in [1.165, 1.54) is 0 Å². The lowest BCUT2D eigenvalue weighted by Gasteiger charge is -2.42. The third-order valence-corrected chi connectivity index (χ3v) is 4.02. The first-order chi connectivity index (χ1) is 9.19. The molecule has 2 atom stereocenters. The number of nitrogens with zero attached hydrogens (tertiary/aromatic N) is 1. The lowest BCUT2D eigenvalue weighted by molar-refractivity contribution is -0.170. The summed E-state index contributed by atoms with van der Waals surface area (Å²) in [6, 6.07) is 0. The fraction of sp³-hybridized carbons (Fsp3) is 0.917. The van der Waals surface area contributed by atoms with Crippen LogP contribution in [0.1, 0.15) is 19.3 Å². The zero-order valence-corrected chi connectivity index (χ0v) is 10.8. The predicted molar refractivity (Wildman–Crippen MR) is 61.3 cm³/mol. The Kier molecular flexibility index (Phi) is 4.22. The van der Waals surface area contributed by atoms with Crippen molar-refractivity contribution >= 4 is 5.91 Å². The first-order valence-electron chi connectivity index (χ1n) is 6.62. The summed E-state index contributed by atoms with van der Waals surface area (Å²) < 4.78 is 64.8. The zero-order valence-electron chi connectivity index (χ0n) is 10.8. The highest BCUT2D eigenvalue weighted by molar-refractivity contribution is 5.77. The molecule has 0 radical (unpaired) electrons. The minimum absolute atomic E-state index is 0.0890. The average Bonchev–Trinajstić information content (AvgIpc) is 2.30. The molecule has 2 heterocycles. The molecule has 1 N–H and O–H groups in total. The number of halogens is 5. The van der Waals surface area contributed by atoms with E-state index in [1.807, 2.05) is 0 Å². The van der Waals surface area contributed by atoms with Gasteiger partial charge < -0.3 is 10.2 Å². The number of carbonyl (C=O) groups excluding carboxylic acids is 1. The summed E-state index contributed by atoms with van der Waals surface area (Å²) in [5.41, 5.74) is 0. The first kappa shape index (κ1) is 15.5. The summed E-state index contributed by atoms with van der Waals surface area (Å²) in [5.74, 6) is -5.07. The third-order valence-electron chi connectivity index (χ3n) is 4.02. The highest BCUT2D eigenvalue weighted by Crippen LogP contribution is 2.39. The van der Waals surface area contributed by atoms with E-state index in [-0.39, 0.29) is 38.9 Å². The fourth-order valence-electron chi connectivity index (χ4n) is 3.00. The number of alkyl halides is 5. The molecule has 0 spiro atoms. The monoisotopic (exact) mass is 300 g/mol. The second-order valence-electron chi connectivity index (χ2n) is 5.51. The average molecular weight is 300 g/mol. The molecule has 2 rings (SSSR count). The van der Waals surface area contributed by atoms with Crippen molar-refractivity contribution in [3.63, 3.8) is 0 Å². The van der Waals surface area contributed by atoms with Gasteiger partial charge in [-0.3, -0.25) is 4.79 Å². The topological polar surface area (TPSA) is 32.3 Å². The molecular weight excluding hydrogens is 283 g/mol. The molecule has 2 unspecified atom stereocenters. The standard InChI is InChI=1S/C12H17F5N2O/c13-11(14)3-4-18-5-9(11)8-1-2-10(20)19(6-8)7-12(15,16)17/h8-9,18H,1-7H2. The van der Waals surface area contributed by atoms with Crippen molar-refractivity contribution < 1.29 is 26.7 Å². The zero-order chi connectivity index (χ0) is 15.0. The molecule has 8 heteroatoms. The molecule has 0 aromatic carbocycles. The normalized spacial score (nSPS) is 31.4. The van der Waals surface area contributed by atoms with Gasteiger partial charge in [0.15, 0.2) is 0 Å². The first-order valence-corrected chi connectivity index (χ1v) is 6.62. The Labute approximate surface area is 113 Å². The van der Waals surface area contributed by atoms with Crippen molar-refractivity contribution in [3.8, 4) is 0 Å². The maximum Gasteiger partial charge on any atom is 0.406 e. The van der Waals surface area contributed by atoms with Crippen molar-refractivity contribution in [1.29, 1.82) is 0 Å². The number of likely N-dealkylation sites (tertiary alicyclic amines) is 1. The molecular formula is C12H17F5N2O. The SMILES string of the molecule is O=C1CCC(C2CNCCC2(F)F)CN1CC(F)(F)F. The van der Waals surface area contributed by atoms with Crippen molar-refractivity contribution in [2.45, 2.75) is 31.4 Å². The van der Waals surface area contributed by atoms with Crippen LogP contribution in [-0.2, 0) is 4.79 Å². The molecule has 0 aromatic rings. The Hall–Kier alpha value is -0.920. The van der Waals surface area contributed by atoms with Crippen molar-refractivity contribution in [2.75, 3.05) is 26.2 Å². The Morgan fingerprint density at radius 1 is 1.35 bits per heavy atom. The van der Waals surface area contributed by atoms with Crippen LogP contribution in [0.3, 0.4) is 0 Å². The molecule has 2 aliphatic heterocycles. The van der Waals surface area contributed by atoms with Crippen LogP contribution in [0.25, 0.3) is 0 Å². The van der Waals surface area contributed by atoms with Crippen molar-refractivity contribution in [3.05, 3.63) is 0 Å². The van der Waals surface area contributed by atoms with Crippen LogP contribution >= 0.6 is 0 Å². The van der Waals surface area contributed by atoms with Crippen LogP contribution in [0, 0.1) is 11.8 Å². The summed E-state index contributed by atoms with van der Waals surface area (Å²) in [7, 11) is 0. The molecule has 116 valence electrons. The number of hydrogen-bond acceptors (Lipinski definition) is 2. The van der Waals surface area contributed by atoms with Crippen molar-refractivity contribution in [2.24, 2.45) is 11.8 Å². The van der Waals surface area contributed by atoms with E-state index in [0.29, 0.717) is 4.90 Å². The van der Waals surface area contributed by atoms with E-state index in [9.17, 15) is 26.7 Å². The van der Waals surface area contributed by atoms with E-state index >= 15 is 0 Å². The highest BCUT2D eigenvalue weighted by Gasteiger charge is 2.48. The van der Waals surface area contributed by atoms with Crippen LogP contribution in [-0.4, -0.2) is 49.1 Å². The van der Waals surface area contributed by atoms with Gasteiger partial charge in [-0.25, -0.2) is 8.78 Å². The van der Waals surface area contributed by atoms with Gasteiger partial charge in [0.25, 0.3) is 5.92 Å². The highest BCUT2D eigenvalue weighted by atomic mass is 19.4. The van der Waals surface area contributed by atoms with Gasteiger partial charge in [0.1, 0.15) is 6.54 Å². The minimum Gasteiger partial charge on any atom is -0.333 e. The van der Waals surface area contributed by atoms with Crippen LogP contribution in [0.4, 0.5) is 22.0 Å². The number of hydrogen-bond donors (Lipinski definition) is 1. The van der Waals surface area contributed by atoms with Crippen LogP contribution in [0.2, 0.25) is 0 Å². The molecule has 2 aliphatic rings. The number of amides is 1. The fourth-order valence-corrected chi connectivity index (χ4v) is 3.00. The number of piperidine rings is 2.